The first-order valence-electron chi connectivity index (χ1n) is 14.7. The highest BCUT2D eigenvalue weighted by Gasteiger charge is 2.33. The Hall–Kier alpha value is -3.90. The fourth-order valence-electron chi connectivity index (χ4n) is 5.73. The number of ketones is 1. The first-order chi connectivity index (χ1) is 20.6. The monoisotopic (exact) mass is 609 g/mol. The van der Waals surface area contributed by atoms with E-state index in [2.05, 4.69) is 23.8 Å². The van der Waals surface area contributed by atoms with Crippen LogP contribution in [0.5, 0.6) is 5.75 Å². The van der Waals surface area contributed by atoms with Crippen molar-refractivity contribution < 1.29 is 22.3 Å². The van der Waals surface area contributed by atoms with E-state index in [4.69, 9.17) is 9.84 Å². The highest BCUT2D eigenvalue weighted by Crippen LogP contribution is 2.33. The summed E-state index contributed by atoms with van der Waals surface area (Å²) in [6.45, 7) is 8.35. The van der Waals surface area contributed by atoms with Gasteiger partial charge in [0.2, 0.25) is 10.0 Å². The third kappa shape index (κ3) is 5.85. The van der Waals surface area contributed by atoms with Gasteiger partial charge < -0.3 is 9.72 Å². The maximum Gasteiger partial charge on any atom is 0.277 e. The van der Waals surface area contributed by atoms with Gasteiger partial charge in [-0.15, -0.1) is 5.10 Å². The molecular weight excluding hydrogens is 573 g/mol. The first-order valence-corrected chi connectivity index (χ1v) is 16.1. The number of fused-ring (bicyclic) bond motifs is 1. The molecule has 228 valence electrons. The van der Waals surface area contributed by atoms with Gasteiger partial charge >= 0.3 is 0 Å². The molecule has 12 heteroatoms. The predicted molar refractivity (Wildman–Crippen MR) is 160 cm³/mol. The number of hydrogen-bond donors (Lipinski definition) is 1. The maximum atomic E-state index is 13.8. The molecule has 2 aromatic carbocycles. The highest BCUT2D eigenvalue weighted by molar-refractivity contribution is 7.89. The normalized spacial score (nSPS) is 14.9. The summed E-state index contributed by atoms with van der Waals surface area (Å²) in [4.78, 5) is 33.6. The first kappa shape index (κ1) is 30.6. The van der Waals surface area contributed by atoms with Crippen molar-refractivity contribution in [3.63, 3.8) is 0 Å². The quantitative estimate of drug-likeness (QED) is 0.247. The molecule has 2 aromatic heterocycles. The van der Waals surface area contributed by atoms with Gasteiger partial charge in [-0.05, 0) is 82.0 Å². The minimum atomic E-state index is -3.94. The van der Waals surface area contributed by atoms with E-state index >= 15 is 0 Å². The number of Topliss-reactive ketones (excluding diaryl/α,β-unsaturated/α-hetero) is 1. The summed E-state index contributed by atoms with van der Waals surface area (Å²) in [6, 6.07) is 9.93. The Morgan fingerprint density at radius 3 is 2.40 bits per heavy atom. The molecule has 1 N–H and O–H groups in total. The maximum absolute atomic E-state index is 13.8. The Bertz CT molecular complexity index is 1800. The van der Waals surface area contributed by atoms with Crippen LogP contribution in [0.1, 0.15) is 74.2 Å². The minimum Gasteiger partial charge on any atom is -0.493 e. The molecule has 5 rings (SSSR count). The van der Waals surface area contributed by atoms with Crippen LogP contribution in [0.4, 0.5) is 4.39 Å². The lowest BCUT2D eigenvalue weighted by atomic mass is 9.90. The molecule has 3 heterocycles. The van der Waals surface area contributed by atoms with Crippen LogP contribution in [0.15, 0.2) is 52.2 Å². The second-order valence-corrected chi connectivity index (χ2v) is 12.7. The molecule has 1 aliphatic heterocycles. The standard InChI is InChI=1S/C31H36FN5O5S/c1-5-20(6-2)30-33-19(4)27-31(39)34-29(35-37(27)30)25-18-24(12-13-26(25)42-7-3)43(40,41)36-16-14-22(15-17-36)28(38)21-8-10-23(32)11-9-21/h8-13,18,20,22H,5-7,14-17H2,1-4H3,(H,34,35,39). The van der Waals surface area contributed by atoms with E-state index in [1.165, 1.54) is 40.7 Å². The van der Waals surface area contributed by atoms with Crippen molar-refractivity contribution in [3.8, 4) is 17.1 Å². The third-order valence-corrected chi connectivity index (χ3v) is 10.0. The molecule has 0 bridgehead atoms. The van der Waals surface area contributed by atoms with Crippen LogP contribution in [0.2, 0.25) is 0 Å². The summed E-state index contributed by atoms with van der Waals surface area (Å²) in [5.41, 5.74) is 1.30. The average Bonchev–Trinajstić information content (AvgIpc) is 3.34. The average molecular weight is 610 g/mol. The number of H-pyrrole nitrogens is 1. The van der Waals surface area contributed by atoms with E-state index < -0.39 is 15.8 Å². The molecule has 0 saturated carbocycles. The fraction of sp³-hybridized carbons (Fsp3) is 0.419. The lowest BCUT2D eigenvalue weighted by Crippen LogP contribution is -2.40. The van der Waals surface area contributed by atoms with Gasteiger partial charge in [-0.3, -0.25) is 9.59 Å². The van der Waals surface area contributed by atoms with E-state index in [0.29, 0.717) is 53.4 Å². The second kappa shape index (κ2) is 12.4. The lowest BCUT2D eigenvalue weighted by molar-refractivity contribution is 0.0875. The fourth-order valence-corrected chi connectivity index (χ4v) is 7.22. The molecule has 1 saturated heterocycles. The molecular formula is C31H36FN5O5S. The molecule has 0 radical (unpaired) electrons. The number of halogens is 1. The van der Waals surface area contributed by atoms with Gasteiger partial charge in [0.05, 0.1) is 22.8 Å². The molecule has 0 amide bonds. The van der Waals surface area contributed by atoms with Gasteiger partial charge in [0.15, 0.2) is 17.1 Å². The summed E-state index contributed by atoms with van der Waals surface area (Å²) in [6.07, 6.45) is 2.35. The van der Waals surface area contributed by atoms with Gasteiger partial charge in [-0.2, -0.15) is 4.31 Å². The zero-order valence-corrected chi connectivity index (χ0v) is 25.6. The Labute approximate surface area is 250 Å². The number of nitrogens with zero attached hydrogens (tertiary/aromatic N) is 4. The number of nitrogens with one attached hydrogen (secondary N) is 1. The Morgan fingerprint density at radius 2 is 1.77 bits per heavy atom. The zero-order chi connectivity index (χ0) is 30.9. The van der Waals surface area contributed by atoms with Crippen molar-refractivity contribution in [2.24, 2.45) is 5.92 Å². The van der Waals surface area contributed by atoms with Crippen molar-refractivity contribution in [3.05, 3.63) is 75.7 Å². The topological polar surface area (TPSA) is 127 Å². The number of hydrogen-bond acceptors (Lipinski definition) is 7. The number of aromatic nitrogens is 4. The van der Waals surface area contributed by atoms with Gasteiger partial charge in [0.25, 0.3) is 5.56 Å². The number of piperidine rings is 1. The van der Waals surface area contributed by atoms with Crippen LogP contribution in [0.3, 0.4) is 0 Å². The van der Waals surface area contributed by atoms with Crippen LogP contribution >= 0.6 is 0 Å². The Balaban J connectivity index is 1.47. The van der Waals surface area contributed by atoms with E-state index in [1.54, 1.807) is 17.5 Å². The molecule has 43 heavy (non-hydrogen) atoms. The van der Waals surface area contributed by atoms with Crippen molar-refractivity contribution >= 4 is 21.3 Å². The summed E-state index contributed by atoms with van der Waals surface area (Å²) < 4.78 is 49.6. The van der Waals surface area contributed by atoms with Gasteiger partial charge in [0, 0.05) is 30.5 Å². The van der Waals surface area contributed by atoms with Crippen LogP contribution in [-0.4, -0.2) is 57.8 Å². The summed E-state index contributed by atoms with van der Waals surface area (Å²) in [5.74, 6) is 0.451. The van der Waals surface area contributed by atoms with Crippen LogP contribution in [-0.2, 0) is 10.0 Å². The molecule has 0 atom stereocenters. The van der Waals surface area contributed by atoms with Gasteiger partial charge in [0.1, 0.15) is 17.4 Å². The lowest BCUT2D eigenvalue weighted by Gasteiger charge is -2.30. The SMILES string of the molecule is CCOc1ccc(S(=O)(=O)N2CCC(C(=O)c3ccc(F)cc3)CC2)cc1-c1nn2c(C(CC)CC)nc(C)c2c(=O)[nH]1. The van der Waals surface area contributed by atoms with Crippen molar-refractivity contribution in [1.29, 1.82) is 0 Å². The molecule has 1 fully saturated rings. The van der Waals surface area contributed by atoms with Crippen LogP contribution < -0.4 is 10.3 Å². The van der Waals surface area contributed by atoms with Crippen LogP contribution in [0, 0.1) is 18.7 Å². The van der Waals surface area contributed by atoms with E-state index in [1.807, 2.05) is 6.92 Å². The number of sulfonamides is 1. The predicted octanol–water partition coefficient (Wildman–Crippen LogP) is 5.12. The number of aryl methyl sites for hydroxylation is 1. The Morgan fingerprint density at radius 1 is 1.09 bits per heavy atom. The van der Waals surface area contributed by atoms with E-state index in [9.17, 15) is 22.4 Å². The number of aromatic amines is 1. The number of carbonyl (C=O) groups excluding carboxylic acids is 1. The van der Waals surface area contributed by atoms with E-state index in [0.717, 1.165) is 12.8 Å². The minimum absolute atomic E-state index is 0.0269. The molecule has 10 nitrogen and oxygen atoms in total. The van der Waals surface area contributed by atoms with Crippen molar-refractivity contribution in [2.75, 3.05) is 19.7 Å². The van der Waals surface area contributed by atoms with Crippen molar-refractivity contribution in [1.82, 2.24) is 23.9 Å². The molecule has 1 aliphatic rings. The molecule has 0 spiro atoms. The molecule has 0 unspecified atom stereocenters. The molecule has 4 aromatic rings. The summed E-state index contributed by atoms with van der Waals surface area (Å²) in [7, 11) is -3.94. The largest absolute Gasteiger partial charge is 0.493 e. The smallest absolute Gasteiger partial charge is 0.277 e. The molecule has 0 aliphatic carbocycles. The van der Waals surface area contributed by atoms with Crippen LogP contribution in [0.25, 0.3) is 16.9 Å². The zero-order valence-electron chi connectivity index (χ0n) is 24.8. The second-order valence-electron chi connectivity index (χ2n) is 10.8. The number of ether oxygens (including phenoxy) is 1. The Kier molecular flexibility index (Phi) is 8.79. The number of imidazole rings is 1. The summed E-state index contributed by atoms with van der Waals surface area (Å²) >= 11 is 0. The highest BCUT2D eigenvalue weighted by atomic mass is 32.2. The number of carbonyl (C=O) groups is 1. The third-order valence-electron chi connectivity index (χ3n) is 8.15. The van der Waals surface area contributed by atoms with Gasteiger partial charge in [-0.1, -0.05) is 13.8 Å². The summed E-state index contributed by atoms with van der Waals surface area (Å²) in [5, 5.41) is 4.74. The number of benzene rings is 2. The van der Waals surface area contributed by atoms with Gasteiger partial charge in [-0.25, -0.2) is 22.3 Å². The van der Waals surface area contributed by atoms with Crippen molar-refractivity contribution in [2.45, 2.75) is 64.2 Å². The van der Waals surface area contributed by atoms with E-state index in [-0.39, 0.29) is 47.0 Å². The number of rotatable bonds is 10.